The van der Waals surface area contributed by atoms with Crippen molar-refractivity contribution in [3.63, 3.8) is 0 Å². The molecule has 0 fully saturated rings. The van der Waals surface area contributed by atoms with Crippen molar-refractivity contribution in [3.05, 3.63) is 59.7 Å². The van der Waals surface area contributed by atoms with Gasteiger partial charge in [0, 0.05) is 25.5 Å². The van der Waals surface area contributed by atoms with Crippen LogP contribution in [-0.4, -0.2) is 45.2 Å². The average molecular weight is 398 g/mol. The minimum absolute atomic E-state index is 0.256. The first-order chi connectivity index (χ1) is 13.8. The number of benzene rings is 2. The maximum absolute atomic E-state index is 12.0. The van der Waals surface area contributed by atoms with E-state index < -0.39 is 24.5 Å². The van der Waals surface area contributed by atoms with Crippen LogP contribution in [0.1, 0.15) is 34.6 Å². The lowest BCUT2D eigenvalue weighted by Crippen LogP contribution is -2.21. The highest BCUT2D eigenvalue weighted by molar-refractivity contribution is 5.96. The van der Waals surface area contributed by atoms with Crippen molar-refractivity contribution >= 4 is 29.2 Å². The lowest BCUT2D eigenvalue weighted by Gasteiger charge is -2.12. The molecule has 0 saturated heterocycles. The van der Waals surface area contributed by atoms with Gasteiger partial charge in [-0.15, -0.1) is 0 Å². The summed E-state index contributed by atoms with van der Waals surface area (Å²) in [5.74, 6) is -1.20. The van der Waals surface area contributed by atoms with Crippen molar-refractivity contribution in [2.24, 2.45) is 5.92 Å². The molecule has 0 aliphatic carbocycles. The topological polar surface area (TPSA) is 84.9 Å². The second-order valence-corrected chi connectivity index (χ2v) is 7.14. The van der Waals surface area contributed by atoms with E-state index in [0.29, 0.717) is 23.4 Å². The monoisotopic (exact) mass is 398 g/mol. The SMILES string of the molecule is CC(C)COC(=O)c1ccc(NC(=O)COC(=O)c2ccc(N(C)C)cc2)cc1. The number of nitrogens with one attached hydrogen (secondary N) is 1. The normalized spacial score (nSPS) is 10.4. The first-order valence-corrected chi connectivity index (χ1v) is 9.28. The van der Waals surface area contributed by atoms with Gasteiger partial charge in [-0.2, -0.15) is 0 Å². The molecule has 0 radical (unpaired) electrons. The molecule has 0 aliphatic heterocycles. The van der Waals surface area contributed by atoms with Crippen molar-refractivity contribution in [3.8, 4) is 0 Å². The van der Waals surface area contributed by atoms with Crippen LogP contribution in [0.5, 0.6) is 0 Å². The molecule has 0 atom stereocenters. The van der Waals surface area contributed by atoms with E-state index in [9.17, 15) is 14.4 Å². The second kappa shape index (κ2) is 10.3. The summed E-state index contributed by atoms with van der Waals surface area (Å²) >= 11 is 0. The molecule has 2 rings (SSSR count). The lowest BCUT2D eigenvalue weighted by molar-refractivity contribution is -0.119. The molecule has 0 spiro atoms. The quantitative estimate of drug-likeness (QED) is 0.687. The van der Waals surface area contributed by atoms with Crippen molar-refractivity contribution in [1.82, 2.24) is 0 Å². The minimum atomic E-state index is -0.575. The predicted octanol–water partition coefficient (Wildman–Crippen LogP) is 3.36. The highest BCUT2D eigenvalue weighted by atomic mass is 16.5. The smallest absolute Gasteiger partial charge is 0.338 e. The Bertz CT molecular complexity index is 843. The summed E-state index contributed by atoms with van der Waals surface area (Å²) in [6.07, 6.45) is 0. The van der Waals surface area contributed by atoms with E-state index in [4.69, 9.17) is 9.47 Å². The van der Waals surface area contributed by atoms with Crippen molar-refractivity contribution in [2.75, 3.05) is 37.5 Å². The van der Waals surface area contributed by atoms with Crippen LogP contribution >= 0.6 is 0 Å². The second-order valence-electron chi connectivity index (χ2n) is 7.14. The molecule has 29 heavy (non-hydrogen) atoms. The third kappa shape index (κ3) is 6.95. The van der Waals surface area contributed by atoms with Crippen LogP contribution in [0.25, 0.3) is 0 Å². The number of carbonyl (C=O) groups excluding carboxylic acids is 3. The zero-order valence-corrected chi connectivity index (χ0v) is 17.1. The Morgan fingerprint density at radius 3 is 1.90 bits per heavy atom. The number of hydrogen-bond donors (Lipinski definition) is 1. The molecule has 1 amide bonds. The minimum Gasteiger partial charge on any atom is -0.462 e. The summed E-state index contributed by atoms with van der Waals surface area (Å²) in [7, 11) is 3.80. The van der Waals surface area contributed by atoms with Crippen molar-refractivity contribution < 1.29 is 23.9 Å². The average Bonchev–Trinajstić information content (AvgIpc) is 2.70. The molecule has 154 valence electrons. The van der Waals surface area contributed by atoms with Crippen molar-refractivity contribution in [1.29, 1.82) is 0 Å². The Morgan fingerprint density at radius 2 is 1.38 bits per heavy atom. The first kappa shape index (κ1) is 21.9. The fourth-order valence-corrected chi connectivity index (χ4v) is 2.32. The van der Waals surface area contributed by atoms with Gasteiger partial charge in [0.2, 0.25) is 0 Å². The Labute approximate surface area is 170 Å². The summed E-state index contributed by atoms with van der Waals surface area (Å²) in [4.78, 5) is 37.8. The number of nitrogens with zero attached hydrogens (tertiary/aromatic N) is 1. The molecule has 7 nitrogen and oxygen atoms in total. The molecule has 1 N–H and O–H groups in total. The molecular formula is C22H26N2O5. The van der Waals surface area contributed by atoms with E-state index in [1.807, 2.05) is 32.8 Å². The van der Waals surface area contributed by atoms with Crippen LogP contribution in [0.4, 0.5) is 11.4 Å². The number of anilines is 2. The van der Waals surface area contributed by atoms with Crippen LogP contribution in [0.3, 0.4) is 0 Å². The zero-order chi connectivity index (χ0) is 21.4. The van der Waals surface area contributed by atoms with Gasteiger partial charge in [0.05, 0.1) is 17.7 Å². The van der Waals surface area contributed by atoms with Gasteiger partial charge in [0.15, 0.2) is 6.61 Å². The Balaban J connectivity index is 1.82. The Kier molecular flexibility index (Phi) is 7.77. The van der Waals surface area contributed by atoms with E-state index >= 15 is 0 Å². The molecule has 2 aromatic rings. The lowest BCUT2D eigenvalue weighted by atomic mass is 10.2. The third-order valence-corrected chi connectivity index (χ3v) is 3.91. The number of amides is 1. The molecule has 0 heterocycles. The maximum atomic E-state index is 12.0. The number of esters is 2. The Morgan fingerprint density at radius 1 is 0.862 bits per heavy atom. The molecule has 0 aliphatic rings. The number of ether oxygens (including phenoxy) is 2. The predicted molar refractivity (Wildman–Crippen MR) is 111 cm³/mol. The molecule has 0 bridgehead atoms. The number of rotatable bonds is 8. The van der Waals surface area contributed by atoms with Crippen LogP contribution < -0.4 is 10.2 Å². The highest BCUT2D eigenvalue weighted by Gasteiger charge is 2.12. The van der Waals surface area contributed by atoms with Crippen molar-refractivity contribution in [2.45, 2.75) is 13.8 Å². The fourth-order valence-electron chi connectivity index (χ4n) is 2.32. The van der Waals surface area contributed by atoms with E-state index in [1.54, 1.807) is 48.5 Å². The standard InChI is InChI=1S/C22H26N2O5/c1-15(2)13-28-21(26)16-5-9-18(10-6-16)23-20(25)14-29-22(27)17-7-11-19(12-8-17)24(3)4/h5-12,15H,13-14H2,1-4H3,(H,23,25). The van der Waals surface area contributed by atoms with Crippen LogP contribution in [0.15, 0.2) is 48.5 Å². The van der Waals surface area contributed by atoms with E-state index in [0.717, 1.165) is 5.69 Å². The summed E-state index contributed by atoms with van der Waals surface area (Å²) < 4.78 is 10.2. The molecule has 7 heteroatoms. The highest BCUT2D eigenvalue weighted by Crippen LogP contribution is 2.14. The Hall–Kier alpha value is -3.35. The van der Waals surface area contributed by atoms with Gasteiger partial charge in [0.1, 0.15) is 0 Å². The summed E-state index contributed by atoms with van der Waals surface area (Å²) in [5.41, 5.74) is 2.21. The van der Waals surface area contributed by atoms with E-state index in [1.165, 1.54) is 0 Å². The van der Waals surface area contributed by atoms with Gasteiger partial charge in [-0.1, -0.05) is 13.8 Å². The summed E-state index contributed by atoms with van der Waals surface area (Å²) in [6.45, 7) is 3.85. The van der Waals surface area contributed by atoms with E-state index in [-0.39, 0.29) is 5.92 Å². The molecule has 0 aromatic heterocycles. The van der Waals surface area contributed by atoms with Gasteiger partial charge in [-0.05, 0) is 54.4 Å². The number of hydrogen-bond acceptors (Lipinski definition) is 6. The van der Waals surface area contributed by atoms with Crippen LogP contribution in [0, 0.1) is 5.92 Å². The van der Waals surface area contributed by atoms with Gasteiger partial charge in [-0.25, -0.2) is 9.59 Å². The fraction of sp³-hybridized carbons (Fsp3) is 0.318. The number of carbonyl (C=O) groups is 3. The maximum Gasteiger partial charge on any atom is 0.338 e. The first-order valence-electron chi connectivity index (χ1n) is 9.28. The van der Waals surface area contributed by atoms with Crippen LogP contribution in [0.2, 0.25) is 0 Å². The summed E-state index contributed by atoms with van der Waals surface area (Å²) in [6, 6.07) is 13.2. The molecule has 2 aromatic carbocycles. The zero-order valence-electron chi connectivity index (χ0n) is 17.1. The van der Waals surface area contributed by atoms with Gasteiger partial charge in [0.25, 0.3) is 5.91 Å². The summed E-state index contributed by atoms with van der Waals surface area (Å²) in [5, 5.41) is 2.61. The molecular weight excluding hydrogens is 372 g/mol. The van der Waals surface area contributed by atoms with E-state index in [2.05, 4.69) is 5.32 Å². The molecule has 0 saturated carbocycles. The van der Waals surface area contributed by atoms with Gasteiger partial charge in [-0.3, -0.25) is 4.79 Å². The van der Waals surface area contributed by atoms with Crippen LogP contribution in [-0.2, 0) is 14.3 Å². The van der Waals surface area contributed by atoms with Gasteiger partial charge >= 0.3 is 11.9 Å². The van der Waals surface area contributed by atoms with Gasteiger partial charge < -0.3 is 19.7 Å². The largest absolute Gasteiger partial charge is 0.462 e. The molecule has 0 unspecified atom stereocenters. The third-order valence-electron chi connectivity index (χ3n) is 3.91.